The van der Waals surface area contributed by atoms with Gasteiger partial charge in [0.05, 0.1) is 37.8 Å². The van der Waals surface area contributed by atoms with Crippen molar-refractivity contribution in [2.45, 2.75) is 18.4 Å². The van der Waals surface area contributed by atoms with Crippen molar-refractivity contribution < 1.29 is 14.3 Å². The summed E-state index contributed by atoms with van der Waals surface area (Å²) in [6, 6.07) is 12.7. The maximum Gasteiger partial charge on any atom is 0.270 e. The van der Waals surface area contributed by atoms with Gasteiger partial charge in [-0.05, 0) is 49.2 Å². The van der Waals surface area contributed by atoms with E-state index in [0.29, 0.717) is 54.5 Å². The third-order valence-electron chi connectivity index (χ3n) is 5.92. The third kappa shape index (κ3) is 4.90. The predicted molar refractivity (Wildman–Crippen MR) is 129 cm³/mol. The van der Waals surface area contributed by atoms with E-state index in [1.807, 2.05) is 30.3 Å². The Morgan fingerprint density at radius 3 is 2.53 bits per heavy atom. The van der Waals surface area contributed by atoms with Crippen LogP contribution >= 0.6 is 11.6 Å². The lowest BCUT2D eigenvalue weighted by Gasteiger charge is -2.28. The van der Waals surface area contributed by atoms with E-state index >= 15 is 0 Å². The fraction of sp³-hybridized carbons (Fsp3) is 0.333. The van der Waals surface area contributed by atoms with E-state index in [1.165, 1.54) is 6.20 Å². The number of benzene rings is 1. The molecular formula is C24H25ClN6O3. The Balaban J connectivity index is 1.43. The molecule has 1 amide bonds. The lowest BCUT2D eigenvalue weighted by atomic mass is 10.1. The summed E-state index contributed by atoms with van der Waals surface area (Å²) < 4.78 is 10.6. The summed E-state index contributed by atoms with van der Waals surface area (Å²) in [7, 11) is 1.56. The number of ether oxygens (including phenoxy) is 2. The van der Waals surface area contributed by atoms with Gasteiger partial charge in [0.1, 0.15) is 17.3 Å². The van der Waals surface area contributed by atoms with Gasteiger partial charge >= 0.3 is 0 Å². The SMILES string of the molecule is COc1ccc(C(=O)NC2(c3cc(Nc4ccc(Cl)cc4)nc(N4CCOCC4)n3)CC2)nc1. The highest BCUT2D eigenvalue weighted by atomic mass is 35.5. The zero-order valence-corrected chi connectivity index (χ0v) is 19.5. The Labute approximate surface area is 202 Å². The van der Waals surface area contributed by atoms with Gasteiger partial charge in [-0.1, -0.05) is 11.6 Å². The minimum absolute atomic E-state index is 0.251. The molecule has 34 heavy (non-hydrogen) atoms. The number of rotatable bonds is 7. The molecule has 0 bridgehead atoms. The Hall–Kier alpha value is -3.43. The third-order valence-corrected chi connectivity index (χ3v) is 6.17. The van der Waals surface area contributed by atoms with Crippen molar-refractivity contribution in [1.82, 2.24) is 20.3 Å². The molecule has 2 aromatic heterocycles. The summed E-state index contributed by atoms with van der Waals surface area (Å²) in [5.74, 6) is 1.61. The number of aromatic nitrogens is 3. The first kappa shape index (κ1) is 22.4. The van der Waals surface area contributed by atoms with Crippen molar-refractivity contribution in [3.05, 3.63) is 65.1 Å². The Morgan fingerprint density at radius 2 is 1.88 bits per heavy atom. The first-order valence-corrected chi connectivity index (χ1v) is 11.5. The van der Waals surface area contributed by atoms with Gasteiger partial charge in [0.2, 0.25) is 5.95 Å². The maximum absolute atomic E-state index is 13.0. The normalized spacial score (nSPS) is 16.6. The molecule has 1 saturated heterocycles. The molecule has 0 atom stereocenters. The first-order chi connectivity index (χ1) is 16.5. The maximum atomic E-state index is 13.0. The topological polar surface area (TPSA) is 102 Å². The second-order valence-electron chi connectivity index (χ2n) is 8.29. The molecule has 3 heterocycles. The molecule has 1 aromatic carbocycles. The number of hydrogen-bond donors (Lipinski definition) is 2. The molecule has 3 aromatic rings. The molecule has 0 spiro atoms. The van der Waals surface area contributed by atoms with Crippen molar-refractivity contribution in [3.63, 3.8) is 0 Å². The molecule has 1 aliphatic carbocycles. The zero-order valence-electron chi connectivity index (χ0n) is 18.8. The van der Waals surface area contributed by atoms with Crippen LogP contribution < -0.4 is 20.3 Å². The van der Waals surface area contributed by atoms with Crippen LogP contribution in [0.15, 0.2) is 48.7 Å². The van der Waals surface area contributed by atoms with Crippen LogP contribution in [-0.4, -0.2) is 54.3 Å². The molecule has 10 heteroatoms. The van der Waals surface area contributed by atoms with E-state index in [9.17, 15) is 4.79 Å². The van der Waals surface area contributed by atoms with E-state index in [4.69, 9.17) is 31.0 Å². The second kappa shape index (κ2) is 9.44. The monoisotopic (exact) mass is 480 g/mol. The smallest absolute Gasteiger partial charge is 0.270 e. The van der Waals surface area contributed by atoms with Gasteiger partial charge < -0.3 is 25.0 Å². The van der Waals surface area contributed by atoms with E-state index in [1.54, 1.807) is 19.2 Å². The largest absolute Gasteiger partial charge is 0.495 e. The molecule has 2 aliphatic rings. The molecular weight excluding hydrogens is 456 g/mol. The lowest BCUT2D eigenvalue weighted by molar-refractivity contribution is 0.0924. The molecule has 5 rings (SSSR count). The van der Waals surface area contributed by atoms with Crippen LogP contribution in [0.5, 0.6) is 5.75 Å². The van der Waals surface area contributed by atoms with Gasteiger partial charge in [-0.2, -0.15) is 4.98 Å². The van der Waals surface area contributed by atoms with Gasteiger partial charge in [-0.3, -0.25) is 4.79 Å². The summed E-state index contributed by atoms with van der Waals surface area (Å²) in [6.45, 7) is 2.66. The summed E-state index contributed by atoms with van der Waals surface area (Å²) >= 11 is 6.03. The van der Waals surface area contributed by atoms with Crippen molar-refractivity contribution in [2.75, 3.05) is 43.6 Å². The molecule has 0 unspecified atom stereocenters. The number of amides is 1. The van der Waals surface area contributed by atoms with E-state index in [-0.39, 0.29) is 5.91 Å². The van der Waals surface area contributed by atoms with Crippen molar-refractivity contribution in [3.8, 4) is 5.75 Å². The molecule has 176 valence electrons. The van der Waals surface area contributed by atoms with Crippen LogP contribution in [0.2, 0.25) is 5.02 Å². The number of pyridine rings is 1. The highest BCUT2D eigenvalue weighted by molar-refractivity contribution is 6.30. The zero-order chi connectivity index (χ0) is 23.5. The summed E-state index contributed by atoms with van der Waals surface area (Å²) in [4.78, 5) is 28.9. The number of methoxy groups -OCH3 is 1. The first-order valence-electron chi connectivity index (χ1n) is 11.1. The number of carbonyl (C=O) groups is 1. The fourth-order valence-corrected chi connectivity index (χ4v) is 3.94. The van der Waals surface area contributed by atoms with Crippen molar-refractivity contribution >= 4 is 35.0 Å². The average Bonchev–Trinajstić information content (AvgIpc) is 3.66. The van der Waals surface area contributed by atoms with Crippen LogP contribution in [0.3, 0.4) is 0 Å². The van der Waals surface area contributed by atoms with Crippen LogP contribution in [0, 0.1) is 0 Å². The Kier molecular flexibility index (Phi) is 6.21. The van der Waals surface area contributed by atoms with Crippen LogP contribution in [0.25, 0.3) is 0 Å². The molecule has 0 radical (unpaired) electrons. The number of anilines is 3. The number of halogens is 1. The molecule has 1 saturated carbocycles. The minimum atomic E-state index is -0.556. The standard InChI is InChI=1S/C24H25ClN6O3/c1-33-18-6-7-19(26-15-18)22(32)30-24(8-9-24)20-14-21(27-17-4-2-16(25)3-5-17)29-23(28-20)31-10-12-34-13-11-31/h2-7,14-15H,8-13H2,1H3,(H,30,32)(H,27,28,29). The van der Waals surface area contributed by atoms with E-state index in [0.717, 1.165) is 24.2 Å². The van der Waals surface area contributed by atoms with E-state index < -0.39 is 5.54 Å². The van der Waals surface area contributed by atoms with Gasteiger partial charge in [0.25, 0.3) is 5.91 Å². The Bertz CT molecular complexity index is 1160. The van der Waals surface area contributed by atoms with Gasteiger partial charge in [0.15, 0.2) is 0 Å². The second-order valence-corrected chi connectivity index (χ2v) is 8.73. The van der Waals surface area contributed by atoms with Crippen molar-refractivity contribution in [1.29, 1.82) is 0 Å². The quantitative estimate of drug-likeness (QED) is 0.529. The predicted octanol–water partition coefficient (Wildman–Crippen LogP) is 3.53. The van der Waals surface area contributed by atoms with Gasteiger partial charge in [0, 0.05) is 29.9 Å². The van der Waals surface area contributed by atoms with Gasteiger partial charge in [-0.25, -0.2) is 9.97 Å². The van der Waals surface area contributed by atoms with Gasteiger partial charge in [-0.15, -0.1) is 0 Å². The molecule has 2 N–H and O–H groups in total. The summed E-state index contributed by atoms with van der Waals surface area (Å²) in [5, 5.41) is 7.15. The summed E-state index contributed by atoms with van der Waals surface area (Å²) in [5.41, 5.74) is 1.40. The lowest BCUT2D eigenvalue weighted by Crippen LogP contribution is -2.39. The van der Waals surface area contributed by atoms with Crippen molar-refractivity contribution in [2.24, 2.45) is 0 Å². The van der Waals surface area contributed by atoms with E-state index in [2.05, 4.69) is 20.5 Å². The number of nitrogens with one attached hydrogen (secondary N) is 2. The van der Waals surface area contributed by atoms with Crippen LogP contribution in [0.4, 0.5) is 17.5 Å². The average molecular weight is 481 g/mol. The number of hydrogen-bond acceptors (Lipinski definition) is 8. The minimum Gasteiger partial charge on any atom is -0.495 e. The number of carbonyl (C=O) groups excluding carboxylic acids is 1. The Morgan fingerprint density at radius 1 is 1.12 bits per heavy atom. The number of nitrogens with zero attached hydrogens (tertiary/aromatic N) is 4. The van der Waals surface area contributed by atoms with Crippen LogP contribution in [0.1, 0.15) is 29.0 Å². The fourth-order valence-electron chi connectivity index (χ4n) is 3.82. The van der Waals surface area contributed by atoms with Crippen LogP contribution in [-0.2, 0) is 10.3 Å². The molecule has 2 fully saturated rings. The highest BCUT2D eigenvalue weighted by Crippen LogP contribution is 2.46. The molecule has 1 aliphatic heterocycles. The summed E-state index contributed by atoms with van der Waals surface area (Å²) in [6.07, 6.45) is 3.10. The molecule has 9 nitrogen and oxygen atoms in total. The number of morpholine rings is 1. The highest BCUT2D eigenvalue weighted by Gasteiger charge is 2.48.